The minimum absolute atomic E-state index is 0.123. The standard InChI is InChI=1S/C22H22Cl4N4O3S/c1-14(2)34-22-27-28-29-30(22)15-4-6-16(7-5-15)31-9-3-10-33-21-18(23)12-17(13-19(21)24)32-11-8-20(25)26/h4-8,12-14H,3,9-11H2,1-2H3. The van der Waals surface area contributed by atoms with Gasteiger partial charge in [-0.05, 0) is 40.8 Å². The molecule has 0 N–H and O–H groups in total. The van der Waals surface area contributed by atoms with Crippen molar-refractivity contribution in [1.29, 1.82) is 0 Å². The summed E-state index contributed by atoms with van der Waals surface area (Å²) in [6.07, 6.45) is 2.14. The van der Waals surface area contributed by atoms with Crippen LogP contribution in [0.1, 0.15) is 20.3 Å². The van der Waals surface area contributed by atoms with Crippen LogP contribution in [0.25, 0.3) is 5.69 Å². The van der Waals surface area contributed by atoms with Gasteiger partial charge < -0.3 is 14.2 Å². The van der Waals surface area contributed by atoms with Gasteiger partial charge in [0.15, 0.2) is 5.75 Å². The van der Waals surface area contributed by atoms with Crippen molar-refractivity contribution in [2.24, 2.45) is 0 Å². The molecule has 182 valence electrons. The van der Waals surface area contributed by atoms with Crippen LogP contribution in [-0.4, -0.2) is 45.3 Å². The summed E-state index contributed by atoms with van der Waals surface area (Å²) in [5.74, 6) is 1.61. The Morgan fingerprint density at radius 2 is 1.68 bits per heavy atom. The fraction of sp³-hybridized carbons (Fsp3) is 0.318. The van der Waals surface area contributed by atoms with Crippen molar-refractivity contribution in [2.45, 2.75) is 30.7 Å². The number of ether oxygens (including phenoxy) is 3. The zero-order valence-electron chi connectivity index (χ0n) is 18.4. The fourth-order valence-corrected chi connectivity index (χ4v) is 4.14. The number of halogens is 4. The van der Waals surface area contributed by atoms with E-state index in [4.69, 9.17) is 60.6 Å². The van der Waals surface area contributed by atoms with E-state index in [9.17, 15) is 0 Å². The summed E-state index contributed by atoms with van der Waals surface area (Å²) in [5.41, 5.74) is 0.863. The summed E-state index contributed by atoms with van der Waals surface area (Å²) in [6, 6.07) is 10.8. The molecule has 0 radical (unpaired) electrons. The lowest BCUT2D eigenvalue weighted by Gasteiger charge is -2.13. The molecule has 3 aromatic rings. The van der Waals surface area contributed by atoms with E-state index >= 15 is 0 Å². The predicted octanol–water partition coefficient (Wildman–Crippen LogP) is 7.02. The molecule has 0 aliphatic heterocycles. The number of hydrogen-bond donors (Lipinski definition) is 0. The van der Waals surface area contributed by atoms with Crippen molar-refractivity contribution in [3.63, 3.8) is 0 Å². The molecular weight excluding hydrogens is 542 g/mol. The summed E-state index contributed by atoms with van der Waals surface area (Å²) in [6.45, 7) is 5.22. The molecule has 2 aromatic carbocycles. The van der Waals surface area contributed by atoms with Crippen molar-refractivity contribution >= 4 is 58.2 Å². The molecule has 0 aliphatic rings. The lowest BCUT2D eigenvalue weighted by Crippen LogP contribution is -2.06. The van der Waals surface area contributed by atoms with E-state index in [1.165, 1.54) is 6.08 Å². The van der Waals surface area contributed by atoms with Gasteiger partial charge in [-0.1, -0.05) is 72.0 Å². The highest BCUT2D eigenvalue weighted by atomic mass is 35.5. The van der Waals surface area contributed by atoms with Crippen LogP contribution in [0, 0.1) is 0 Å². The van der Waals surface area contributed by atoms with Crippen LogP contribution < -0.4 is 14.2 Å². The van der Waals surface area contributed by atoms with E-state index in [2.05, 4.69) is 29.4 Å². The second-order valence-corrected chi connectivity index (χ2v) is 10.5. The number of tetrazole rings is 1. The number of nitrogens with zero attached hydrogens (tertiary/aromatic N) is 4. The van der Waals surface area contributed by atoms with Crippen LogP contribution in [0.4, 0.5) is 0 Å². The number of aromatic nitrogens is 4. The van der Waals surface area contributed by atoms with Gasteiger partial charge in [0.2, 0.25) is 5.16 Å². The Morgan fingerprint density at radius 1 is 1.00 bits per heavy atom. The largest absolute Gasteiger partial charge is 0.493 e. The summed E-state index contributed by atoms with van der Waals surface area (Å²) in [4.78, 5) is 0. The molecule has 0 bridgehead atoms. The van der Waals surface area contributed by atoms with E-state index in [1.807, 2.05) is 24.3 Å². The van der Waals surface area contributed by atoms with Gasteiger partial charge in [0, 0.05) is 23.8 Å². The van der Waals surface area contributed by atoms with Crippen LogP contribution in [0.2, 0.25) is 10.0 Å². The van der Waals surface area contributed by atoms with Crippen molar-refractivity contribution in [1.82, 2.24) is 20.2 Å². The Kier molecular flexibility index (Phi) is 10.5. The summed E-state index contributed by atoms with van der Waals surface area (Å²) in [7, 11) is 0. The van der Waals surface area contributed by atoms with Gasteiger partial charge >= 0.3 is 0 Å². The number of hydrogen-bond acceptors (Lipinski definition) is 7. The van der Waals surface area contributed by atoms with Crippen LogP contribution in [-0.2, 0) is 0 Å². The number of thioether (sulfide) groups is 1. The summed E-state index contributed by atoms with van der Waals surface area (Å²) in [5, 5.41) is 13.7. The molecular formula is C22H22Cl4N4O3S. The highest BCUT2D eigenvalue weighted by Crippen LogP contribution is 2.37. The van der Waals surface area contributed by atoms with Crippen molar-refractivity contribution in [3.8, 4) is 22.9 Å². The van der Waals surface area contributed by atoms with Crippen LogP contribution in [0.5, 0.6) is 17.2 Å². The molecule has 0 aliphatic carbocycles. The average Bonchev–Trinajstić information content (AvgIpc) is 3.22. The van der Waals surface area contributed by atoms with Gasteiger partial charge in [0.25, 0.3) is 0 Å². The lowest BCUT2D eigenvalue weighted by molar-refractivity contribution is 0.247. The van der Waals surface area contributed by atoms with Crippen molar-refractivity contribution in [3.05, 3.63) is 57.0 Å². The SMILES string of the molecule is CC(C)Sc1nnnn1-c1ccc(OCCCOc2c(Cl)cc(OCC=C(Cl)Cl)cc2Cl)cc1. The van der Waals surface area contributed by atoms with Crippen molar-refractivity contribution in [2.75, 3.05) is 19.8 Å². The molecule has 7 nitrogen and oxygen atoms in total. The molecule has 0 saturated carbocycles. The fourth-order valence-electron chi connectivity index (χ4n) is 2.69. The molecule has 34 heavy (non-hydrogen) atoms. The first-order valence-corrected chi connectivity index (χ1v) is 12.7. The molecule has 1 aromatic heterocycles. The Bertz CT molecular complexity index is 1080. The van der Waals surface area contributed by atoms with E-state index in [0.717, 1.165) is 16.6 Å². The monoisotopic (exact) mass is 562 g/mol. The lowest BCUT2D eigenvalue weighted by atomic mass is 10.3. The molecule has 1 heterocycles. The minimum atomic E-state index is 0.123. The maximum atomic E-state index is 6.28. The summed E-state index contributed by atoms with van der Waals surface area (Å²) >= 11 is 25.3. The highest BCUT2D eigenvalue weighted by Gasteiger charge is 2.12. The molecule has 0 unspecified atom stereocenters. The van der Waals surface area contributed by atoms with Crippen LogP contribution in [0.3, 0.4) is 0 Å². The maximum absolute atomic E-state index is 6.28. The Morgan fingerprint density at radius 3 is 2.32 bits per heavy atom. The predicted molar refractivity (Wildman–Crippen MR) is 137 cm³/mol. The van der Waals surface area contributed by atoms with Crippen molar-refractivity contribution < 1.29 is 14.2 Å². The van der Waals surface area contributed by atoms with Gasteiger partial charge in [-0.2, -0.15) is 4.68 Å². The molecule has 12 heteroatoms. The minimum Gasteiger partial charge on any atom is -0.493 e. The molecule has 0 saturated heterocycles. The zero-order valence-corrected chi connectivity index (χ0v) is 22.2. The Hall–Kier alpha value is -1.84. The quantitative estimate of drug-likeness (QED) is 0.173. The molecule has 3 rings (SSSR count). The third-order valence-electron chi connectivity index (χ3n) is 4.13. The smallest absolute Gasteiger partial charge is 0.214 e. The Labute approximate surface area is 222 Å². The average molecular weight is 564 g/mol. The van der Waals surface area contributed by atoms with E-state index < -0.39 is 0 Å². The Balaban J connectivity index is 1.45. The number of rotatable bonds is 12. The molecule has 0 amide bonds. The van der Waals surface area contributed by atoms with Crippen LogP contribution >= 0.6 is 58.2 Å². The van der Waals surface area contributed by atoms with Crippen LogP contribution in [0.15, 0.2) is 52.1 Å². The van der Waals surface area contributed by atoms with Gasteiger partial charge in [-0.15, -0.1) is 5.10 Å². The molecule has 0 spiro atoms. The molecule has 0 atom stereocenters. The van der Waals surface area contributed by atoms with Gasteiger partial charge in [-0.3, -0.25) is 0 Å². The third kappa shape index (κ3) is 8.13. The maximum Gasteiger partial charge on any atom is 0.214 e. The number of benzene rings is 2. The second kappa shape index (κ2) is 13.3. The van der Waals surface area contributed by atoms with E-state index in [0.29, 0.717) is 46.4 Å². The topological polar surface area (TPSA) is 71.3 Å². The second-order valence-electron chi connectivity index (χ2n) is 7.11. The van der Waals surface area contributed by atoms with E-state index in [1.54, 1.807) is 28.6 Å². The first kappa shape index (κ1) is 26.8. The zero-order chi connectivity index (χ0) is 24.5. The first-order chi connectivity index (χ1) is 16.3. The van der Waals surface area contributed by atoms with E-state index in [-0.39, 0.29) is 11.1 Å². The summed E-state index contributed by atoms with van der Waals surface area (Å²) < 4.78 is 18.8. The first-order valence-electron chi connectivity index (χ1n) is 10.3. The normalized spacial score (nSPS) is 10.9. The van der Waals surface area contributed by atoms with Gasteiger partial charge in [0.05, 0.1) is 28.9 Å². The highest BCUT2D eigenvalue weighted by molar-refractivity contribution is 7.99. The van der Waals surface area contributed by atoms with Gasteiger partial charge in [-0.25, -0.2) is 0 Å². The van der Waals surface area contributed by atoms with Gasteiger partial charge in [0.1, 0.15) is 22.6 Å². The third-order valence-corrected chi connectivity index (χ3v) is 5.93. The molecule has 0 fully saturated rings.